The molecule has 14 nitrogen and oxygen atoms in total. The average Bonchev–Trinajstić information content (AvgIpc) is 3.36. The van der Waals surface area contributed by atoms with Crippen molar-refractivity contribution in [3.05, 3.63) is 65.9 Å². The summed E-state index contributed by atoms with van der Waals surface area (Å²) in [5, 5.41) is 27.1. The Morgan fingerprint density at radius 1 is 0.905 bits per heavy atom. The summed E-state index contributed by atoms with van der Waals surface area (Å²) in [7, 11) is 0. The number of nitrogens with two attached hydrogens (primary N) is 3. The largest absolute Gasteiger partial charge is 0.508 e. The molecule has 0 fully saturated rings. The molecule has 0 bridgehead atoms. The summed E-state index contributed by atoms with van der Waals surface area (Å²) in [6.45, 7) is -0.466. The zero-order valence-corrected chi connectivity index (χ0v) is 22.9. The number of carbonyl (C=O) groups excluding carboxylic acids is 3. The summed E-state index contributed by atoms with van der Waals surface area (Å²) in [5.74, 6) is -3.35. The van der Waals surface area contributed by atoms with Crippen LogP contribution in [0.2, 0.25) is 0 Å². The van der Waals surface area contributed by atoms with Crippen LogP contribution in [0.1, 0.15) is 24.0 Å². The van der Waals surface area contributed by atoms with Crippen LogP contribution in [0.5, 0.6) is 5.75 Å². The van der Waals surface area contributed by atoms with E-state index in [1.165, 1.54) is 12.1 Å². The summed E-state index contributed by atoms with van der Waals surface area (Å²) in [4.78, 5) is 57.3. The number of phenols is 1. The molecule has 12 N–H and O–H groups in total. The lowest BCUT2D eigenvalue weighted by Gasteiger charge is -2.24. The van der Waals surface area contributed by atoms with Crippen molar-refractivity contribution in [2.24, 2.45) is 22.2 Å². The molecule has 3 aromatic rings. The Balaban J connectivity index is 1.76. The number of para-hydroxylation sites is 1. The molecule has 0 aliphatic heterocycles. The first-order valence-corrected chi connectivity index (χ1v) is 13.3. The van der Waals surface area contributed by atoms with Gasteiger partial charge in [-0.1, -0.05) is 30.3 Å². The van der Waals surface area contributed by atoms with E-state index in [0.717, 1.165) is 16.5 Å². The molecule has 224 valence electrons. The first kappa shape index (κ1) is 31.4. The van der Waals surface area contributed by atoms with Gasteiger partial charge in [0.2, 0.25) is 17.7 Å². The molecule has 14 heteroatoms. The van der Waals surface area contributed by atoms with Crippen LogP contribution >= 0.6 is 0 Å². The maximum absolute atomic E-state index is 13.5. The standard InChI is InChI=1S/C28H36N8O6/c29-20(13-17-14-33-21-5-2-1-4-19(17)21)25(40)36-23(12-16-7-9-18(37)10-8-16)27(42)35-22(6-3-11-32-28(30)31)26(41)34-15-24(38)39/h1-2,4-5,7-10,14,20,22-23,33,37H,3,6,11-13,15,29H2,(H,34,41)(H,35,42)(H,36,40)(H,38,39)(H4,30,31,32). The van der Waals surface area contributed by atoms with Gasteiger partial charge in [0, 0.05) is 30.1 Å². The van der Waals surface area contributed by atoms with Gasteiger partial charge < -0.3 is 48.3 Å². The predicted molar refractivity (Wildman–Crippen MR) is 156 cm³/mol. The van der Waals surface area contributed by atoms with Crippen LogP contribution in [0.4, 0.5) is 0 Å². The summed E-state index contributed by atoms with van der Waals surface area (Å²) in [6, 6.07) is 10.4. The van der Waals surface area contributed by atoms with E-state index in [9.17, 15) is 24.3 Å². The Labute approximate surface area is 241 Å². The molecular formula is C28H36N8O6. The second kappa shape index (κ2) is 15.0. The lowest BCUT2D eigenvalue weighted by atomic mass is 10.0. The number of guanidine groups is 1. The maximum Gasteiger partial charge on any atom is 0.322 e. The molecule has 3 rings (SSSR count). The molecule has 1 aromatic heterocycles. The number of aromatic hydroxyl groups is 1. The van der Waals surface area contributed by atoms with E-state index in [-0.39, 0.29) is 37.5 Å². The number of hydrogen-bond donors (Lipinski definition) is 9. The van der Waals surface area contributed by atoms with E-state index in [1.54, 1.807) is 18.3 Å². The number of carbonyl (C=O) groups is 4. The van der Waals surface area contributed by atoms with Gasteiger partial charge in [-0.25, -0.2) is 0 Å². The normalized spacial score (nSPS) is 13.0. The van der Waals surface area contributed by atoms with Crippen LogP contribution in [-0.2, 0) is 32.0 Å². The first-order chi connectivity index (χ1) is 20.0. The number of hydrogen-bond acceptors (Lipinski definition) is 7. The predicted octanol–water partition coefficient (Wildman–Crippen LogP) is -0.790. The molecule has 3 unspecified atom stereocenters. The molecule has 3 atom stereocenters. The summed E-state index contributed by atoms with van der Waals surface area (Å²) >= 11 is 0. The van der Waals surface area contributed by atoms with Gasteiger partial charge in [0.25, 0.3) is 0 Å². The van der Waals surface area contributed by atoms with E-state index >= 15 is 0 Å². The molecule has 0 spiro atoms. The molecule has 42 heavy (non-hydrogen) atoms. The Morgan fingerprint density at radius 2 is 1.60 bits per heavy atom. The highest BCUT2D eigenvalue weighted by atomic mass is 16.4. The second-order valence-corrected chi connectivity index (χ2v) is 9.72. The number of aliphatic imine (C=N–C) groups is 1. The molecule has 0 aliphatic rings. The molecule has 2 aromatic carbocycles. The number of aliphatic carboxylic acids is 1. The topological polar surface area (TPSA) is 251 Å². The molecular weight excluding hydrogens is 544 g/mol. The first-order valence-electron chi connectivity index (χ1n) is 13.3. The van der Waals surface area contributed by atoms with Crippen molar-refractivity contribution in [3.8, 4) is 5.75 Å². The van der Waals surface area contributed by atoms with Crippen LogP contribution in [0, 0.1) is 0 Å². The minimum Gasteiger partial charge on any atom is -0.508 e. The quantitative estimate of drug-likeness (QED) is 0.0619. The minimum absolute atomic E-state index is 0.0229. The third-order valence-corrected chi connectivity index (χ3v) is 6.45. The number of amides is 3. The van der Waals surface area contributed by atoms with E-state index < -0.39 is 48.4 Å². The average molecular weight is 581 g/mol. The van der Waals surface area contributed by atoms with Crippen LogP contribution in [0.15, 0.2) is 59.7 Å². The molecule has 3 amide bonds. The molecule has 0 saturated carbocycles. The van der Waals surface area contributed by atoms with E-state index in [1.807, 2.05) is 24.3 Å². The zero-order valence-electron chi connectivity index (χ0n) is 22.9. The third-order valence-electron chi connectivity index (χ3n) is 6.45. The number of nitrogens with one attached hydrogen (secondary N) is 4. The van der Waals surface area contributed by atoms with E-state index in [2.05, 4.69) is 25.9 Å². The number of benzene rings is 2. The van der Waals surface area contributed by atoms with E-state index in [0.29, 0.717) is 12.0 Å². The number of H-pyrrole nitrogens is 1. The second-order valence-electron chi connectivity index (χ2n) is 9.72. The van der Waals surface area contributed by atoms with Gasteiger partial charge in [0.15, 0.2) is 5.96 Å². The van der Waals surface area contributed by atoms with Crippen molar-refractivity contribution in [2.45, 2.75) is 43.8 Å². The van der Waals surface area contributed by atoms with E-state index in [4.69, 9.17) is 22.3 Å². The number of rotatable bonds is 15. The van der Waals surface area contributed by atoms with Crippen LogP contribution in [0.3, 0.4) is 0 Å². The lowest BCUT2D eigenvalue weighted by molar-refractivity contribution is -0.138. The molecule has 1 heterocycles. The third kappa shape index (κ3) is 9.52. The number of carboxylic acids is 1. The molecule has 0 radical (unpaired) electrons. The number of nitrogens with zero attached hydrogens (tertiary/aromatic N) is 1. The van der Waals surface area contributed by atoms with Gasteiger partial charge in [0.1, 0.15) is 24.4 Å². The van der Waals surface area contributed by atoms with Crippen LogP contribution < -0.4 is 33.2 Å². The smallest absolute Gasteiger partial charge is 0.322 e. The SMILES string of the molecule is NC(N)=NCCCC(NC(=O)C(Cc1ccc(O)cc1)NC(=O)C(N)Cc1c[nH]c2ccccc12)C(=O)NCC(=O)O. The Kier molecular flexibility index (Phi) is 11.3. The number of aromatic nitrogens is 1. The summed E-state index contributed by atoms with van der Waals surface area (Å²) in [5.41, 5.74) is 19.3. The monoisotopic (exact) mass is 580 g/mol. The Hall–Kier alpha value is -5.11. The van der Waals surface area contributed by atoms with Gasteiger partial charge in [-0.3, -0.25) is 24.2 Å². The number of phenolic OH excluding ortho intramolecular Hbond substituents is 1. The zero-order chi connectivity index (χ0) is 30.6. The van der Waals surface area contributed by atoms with Crippen molar-refractivity contribution in [1.29, 1.82) is 0 Å². The van der Waals surface area contributed by atoms with Gasteiger partial charge in [-0.15, -0.1) is 0 Å². The van der Waals surface area contributed by atoms with Crippen molar-refractivity contribution in [2.75, 3.05) is 13.1 Å². The molecule has 0 aliphatic carbocycles. The summed E-state index contributed by atoms with van der Waals surface area (Å²) in [6.07, 6.45) is 2.40. The number of fused-ring (bicyclic) bond motifs is 1. The van der Waals surface area contributed by atoms with Crippen LogP contribution in [-0.4, -0.2) is 76.1 Å². The van der Waals surface area contributed by atoms with Crippen molar-refractivity contribution in [3.63, 3.8) is 0 Å². The minimum atomic E-state index is -1.25. The highest BCUT2D eigenvalue weighted by Gasteiger charge is 2.29. The van der Waals surface area contributed by atoms with Crippen molar-refractivity contribution in [1.82, 2.24) is 20.9 Å². The highest BCUT2D eigenvalue weighted by molar-refractivity contribution is 5.94. The number of carboxylic acid groups (broad SMARTS) is 1. The molecule has 0 saturated heterocycles. The fourth-order valence-corrected chi connectivity index (χ4v) is 4.32. The van der Waals surface area contributed by atoms with Gasteiger partial charge in [0.05, 0.1) is 6.04 Å². The maximum atomic E-state index is 13.5. The van der Waals surface area contributed by atoms with Crippen molar-refractivity contribution >= 4 is 40.6 Å². The van der Waals surface area contributed by atoms with Crippen molar-refractivity contribution < 1.29 is 29.4 Å². The fraction of sp³-hybridized carbons (Fsp3) is 0.321. The highest BCUT2D eigenvalue weighted by Crippen LogP contribution is 2.19. The Morgan fingerprint density at radius 3 is 2.29 bits per heavy atom. The Bertz CT molecular complexity index is 1420. The summed E-state index contributed by atoms with van der Waals surface area (Å²) < 4.78 is 0. The fourth-order valence-electron chi connectivity index (χ4n) is 4.32. The van der Waals surface area contributed by atoms with Gasteiger partial charge in [-0.05, 0) is 48.6 Å². The number of aromatic amines is 1. The van der Waals surface area contributed by atoms with Gasteiger partial charge >= 0.3 is 5.97 Å². The van der Waals surface area contributed by atoms with Gasteiger partial charge in [-0.2, -0.15) is 0 Å². The van der Waals surface area contributed by atoms with Crippen LogP contribution in [0.25, 0.3) is 10.9 Å². The lowest BCUT2D eigenvalue weighted by Crippen LogP contribution is -2.57.